The molecule has 2 rings (SSSR count). The van der Waals surface area contributed by atoms with Gasteiger partial charge in [0.1, 0.15) is 0 Å². The molecule has 0 fully saturated rings. The Morgan fingerprint density at radius 1 is 1.17 bits per heavy atom. The van der Waals surface area contributed by atoms with Crippen molar-refractivity contribution in [3.8, 4) is 0 Å². The first kappa shape index (κ1) is 12.4. The van der Waals surface area contributed by atoms with Crippen LogP contribution in [0.3, 0.4) is 0 Å². The Morgan fingerprint density at radius 3 is 2.50 bits per heavy atom. The molecule has 0 aliphatic carbocycles. The van der Waals surface area contributed by atoms with Crippen LogP contribution in [-0.2, 0) is 0 Å². The molecule has 0 radical (unpaired) electrons. The number of nitrogens with two attached hydrogens (primary N) is 1. The number of amides is 2. The molecule has 18 heavy (non-hydrogen) atoms. The number of nitrogens with one attached hydrogen (secondary N) is 1. The molecular formula is C12H9BrN2O3. The van der Waals surface area contributed by atoms with Gasteiger partial charge in [-0.15, -0.1) is 0 Å². The quantitative estimate of drug-likeness (QED) is 0.913. The number of benzene rings is 1. The molecule has 0 aliphatic heterocycles. The van der Waals surface area contributed by atoms with E-state index in [9.17, 15) is 9.59 Å². The minimum Gasteiger partial charge on any atom is -0.444 e. The zero-order valence-corrected chi connectivity index (χ0v) is 10.7. The number of rotatable bonds is 3. The molecule has 0 aliphatic rings. The zero-order chi connectivity index (χ0) is 13.1. The van der Waals surface area contributed by atoms with Gasteiger partial charge in [-0.1, -0.05) is 12.1 Å². The Balaban J connectivity index is 2.24. The van der Waals surface area contributed by atoms with E-state index in [1.54, 1.807) is 24.3 Å². The van der Waals surface area contributed by atoms with Crippen molar-refractivity contribution in [1.82, 2.24) is 0 Å². The highest BCUT2D eigenvalue weighted by atomic mass is 79.9. The molecule has 1 heterocycles. The molecule has 0 bridgehead atoms. The second-order valence-electron chi connectivity index (χ2n) is 3.47. The molecule has 2 amide bonds. The fraction of sp³-hybridized carbons (Fsp3) is 0. The van der Waals surface area contributed by atoms with Crippen LogP contribution >= 0.6 is 15.9 Å². The number of halogens is 1. The highest BCUT2D eigenvalue weighted by molar-refractivity contribution is 9.10. The molecule has 5 nitrogen and oxygen atoms in total. The van der Waals surface area contributed by atoms with Gasteiger partial charge in [-0.25, -0.2) is 0 Å². The Hall–Kier alpha value is -2.08. The number of hydrogen-bond donors (Lipinski definition) is 2. The number of carbonyl (C=O) groups is 2. The summed E-state index contributed by atoms with van der Waals surface area (Å²) in [6, 6.07) is 9.62. The number of anilines is 1. The van der Waals surface area contributed by atoms with Crippen molar-refractivity contribution in [2.24, 2.45) is 5.73 Å². The summed E-state index contributed by atoms with van der Waals surface area (Å²) in [5.74, 6) is -0.915. The largest absolute Gasteiger partial charge is 0.444 e. The van der Waals surface area contributed by atoms with Crippen LogP contribution in [-0.4, -0.2) is 11.8 Å². The van der Waals surface area contributed by atoms with E-state index in [1.807, 2.05) is 0 Å². The van der Waals surface area contributed by atoms with Crippen LogP contribution in [0, 0.1) is 0 Å². The molecule has 0 spiro atoms. The summed E-state index contributed by atoms with van der Waals surface area (Å²) in [7, 11) is 0. The van der Waals surface area contributed by atoms with Crippen molar-refractivity contribution in [2.75, 3.05) is 5.32 Å². The third-order valence-electron chi connectivity index (χ3n) is 2.24. The Kier molecular flexibility index (Phi) is 3.47. The summed E-state index contributed by atoms with van der Waals surface area (Å²) in [4.78, 5) is 23.0. The number of carbonyl (C=O) groups excluding carboxylic acids is 2. The highest BCUT2D eigenvalue weighted by Gasteiger charge is 2.14. The van der Waals surface area contributed by atoms with E-state index in [0.717, 1.165) is 0 Å². The topological polar surface area (TPSA) is 85.3 Å². The summed E-state index contributed by atoms with van der Waals surface area (Å²) in [5.41, 5.74) is 5.81. The van der Waals surface area contributed by atoms with Gasteiger partial charge in [-0.2, -0.15) is 0 Å². The Bertz CT molecular complexity index is 607. The third kappa shape index (κ3) is 2.60. The van der Waals surface area contributed by atoms with E-state index in [4.69, 9.17) is 10.2 Å². The summed E-state index contributed by atoms with van der Waals surface area (Å²) < 4.78 is 5.56. The summed E-state index contributed by atoms with van der Waals surface area (Å²) in [6.07, 6.45) is 0. The van der Waals surface area contributed by atoms with Crippen LogP contribution in [0.25, 0.3) is 0 Å². The number of furan rings is 1. The fourth-order valence-corrected chi connectivity index (χ4v) is 1.73. The maximum absolute atomic E-state index is 11.8. The first-order chi connectivity index (χ1) is 8.58. The summed E-state index contributed by atoms with van der Waals surface area (Å²) in [6.45, 7) is 0. The highest BCUT2D eigenvalue weighted by Crippen LogP contribution is 2.18. The van der Waals surface area contributed by atoms with Crippen LogP contribution in [0.15, 0.2) is 45.5 Å². The average molecular weight is 309 g/mol. The number of primary amides is 1. The van der Waals surface area contributed by atoms with Gasteiger partial charge in [-0.3, -0.25) is 9.59 Å². The lowest BCUT2D eigenvalue weighted by Crippen LogP contribution is -2.17. The van der Waals surface area contributed by atoms with E-state index < -0.39 is 11.8 Å². The molecule has 0 saturated carbocycles. The Morgan fingerprint density at radius 2 is 1.89 bits per heavy atom. The minimum absolute atomic E-state index is 0.140. The van der Waals surface area contributed by atoms with E-state index in [0.29, 0.717) is 10.4 Å². The molecule has 1 aromatic heterocycles. The third-order valence-corrected chi connectivity index (χ3v) is 2.66. The van der Waals surface area contributed by atoms with Crippen molar-refractivity contribution in [3.05, 3.63) is 52.4 Å². The first-order valence-electron chi connectivity index (χ1n) is 5.03. The van der Waals surface area contributed by atoms with E-state index in [-0.39, 0.29) is 11.3 Å². The van der Waals surface area contributed by atoms with Crippen molar-refractivity contribution < 1.29 is 14.0 Å². The van der Waals surface area contributed by atoms with E-state index >= 15 is 0 Å². The van der Waals surface area contributed by atoms with Crippen molar-refractivity contribution >= 4 is 33.4 Å². The van der Waals surface area contributed by atoms with Gasteiger partial charge in [0, 0.05) is 0 Å². The lowest BCUT2D eigenvalue weighted by molar-refractivity contribution is 0.0995. The van der Waals surface area contributed by atoms with Gasteiger partial charge in [-0.05, 0) is 40.2 Å². The lowest BCUT2D eigenvalue weighted by Gasteiger charge is -2.06. The van der Waals surface area contributed by atoms with Crippen LogP contribution in [0.1, 0.15) is 20.9 Å². The predicted molar refractivity (Wildman–Crippen MR) is 69.3 cm³/mol. The molecule has 92 valence electrons. The average Bonchev–Trinajstić information content (AvgIpc) is 2.76. The molecule has 2 aromatic rings. The van der Waals surface area contributed by atoms with Crippen molar-refractivity contribution in [3.63, 3.8) is 0 Å². The van der Waals surface area contributed by atoms with Gasteiger partial charge < -0.3 is 15.5 Å². The molecule has 1 aromatic carbocycles. The van der Waals surface area contributed by atoms with Crippen LogP contribution in [0.5, 0.6) is 0 Å². The summed E-state index contributed by atoms with van der Waals surface area (Å²) >= 11 is 3.10. The molecule has 0 atom stereocenters. The predicted octanol–water partition coefficient (Wildman–Crippen LogP) is 2.39. The first-order valence-corrected chi connectivity index (χ1v) is 5.83. The molecule has 6 heteroatoms. The Labute approximate surface area is 111 Å². The van der Waals surface area contributed by atoms with Crippen molar-refractivity contribution in [1.29, 1.82) is 0 Å². The second-order valence-corrected chi connectivity index (χ2v) is 4.25. The molecular weight excluding hydrogens is 300 g/mol. The van der Waals surface area contributed by atoms with Gasteiger partial charge in [0.05, 0.1) is 11.3 Å². The SMILES string of the molecule is NC(=O)c1ccccc1NC(=O)c1ccc(Br)o1. The molecule has 0 saturated heterocycles. The van der Waals surface area contributed by atoms with Crippen LogP contribution < -0.4 is 11.1 Å². The van der Waals surface area contributed by atoms with Crippen molar-refractivity contribution in [2.45, 2.75) is 0 Å². The standard InChI is InChI=1S/C12H9BrN2O3/c13-10-6-5-9(18-10)12(17)15-8-4-2-1-3-7(8)11(14)16/h1-6H,(H2,14,16)(H,15,17). The monoisotopic (exact) mass is 308 g/mol. The zero-order valence-electron chi connectivity index (χ0n) is 9.14. The fourth-order valence-electron chi connectivity index (χ4n) is 1.43. The molecule has 3 N–H and O–H groups in total. The second kappa shape index (κ2) is 5.05. The summed E-state index contributed by atoms with van der Waals surface area (Å²) in [5, 5.41) is 2.57. The number of hydrogen-bond acceptors (Lipinski definition) is 3. The van der Waals surface area contributed by atoms with Gasteiger partial charge >= 0.3 is 0 Å². The minimum atomic E-state index is -0.605. The van der Waals surface area contributed by atoms with Gasteiger partial charge in [0.2, 0.25) is 0 Å². The van der Waals surface area contributed by atoms with Crippen LogP contribution in [0.2, 0.25) is 0 Å². The maximum Gasteiger partial charge on any atom is 0.291 e. The maximum atomic E-state index is 11.8. The lowest BCUT2D eigenvalue weighted by atomic mass is 10.1. The van der Waals surface area contributed by atoms with E-state index in [2.05, 4.69) is 21.2 Å². The van der Waals surface area contributed by atoms with Gasteiger partial charge in [0.15, 0.2) is 10.4 Å². The van der Waals surface area contributed by atoms with E-state index in [1.165, 1.54) is 12.1 Å². The number of para-hydroxylation sites is 1. The van der Waals surface area contributed by atoms with Gasteiger partial charge in [0.25, 0.3) is 11.8 Å². The smallest absolute Gasteiger partial charge is 0.291 e. The normalized spacial score (nSPS) is 10.1. The van der Waals surface area contributed by atoms with Crippen LogP contribution in [0.4, 0.5) is 5.69 Å². The molecule has 0 unspecified atom stereocenters.